The van der Waals surface area contributed by atoms with Crippen molar-refractivity contribution in [1.29, 1.82) is 0 Å². The molecule has 0 aliphatic heterocycles. The Bertz CT molecular complexity index is 424. The van der Waals surface area contributed by atoms with E-state index in [1.54, 1.807) is 0 Å². The zero-order valence-electron chi connectivity index (χ0n) is 6.94. The topological polar surface area (TPSA) is 37.5 Å². The Labute approximate surface area is 89.6 Å². The van der Waals surface area contributed by atoms with Crippen LogP contribution in [0.1, 0.15) is 5.69 Å². The van der Waals surface area contributed by atoms with E-state index in [4.69, 9.17) is 5.11 Å². The number of aromatic nitrogens is 2. The number of aliphatic hydroxyl groups excluding tert-OH is 1. The monoisotopic (exact) mass is 288 g/mol. The van der Waals surface area contributed by atoms with E-state index in [1.165, 1.54) is 3.57 Å². The SMILES string of the molecule is OCCc1cn2cc(I)ccc2n1. The summed E-state index contributed by atoms with van der Waals surface area (Å²) in [6.45, 7) is 0.154. The fraction of sp³-hybridized carbons (Fsp3) is 0.222. The first-order chi connectivity index (χ1) is 6.29. The van der Waals surface area contributed by atoms with E-state index in [0.717, 1.165) is 11.3 Å². The van der Waals surface area contributed by atoms with E-state index >= 15 is 0 Å². The molecule has 13 heavy (non-hydrogen) atoms. The summed E-state index contributed by atoms with van der Waals surface area (Å²) in [7, 11) is 0. The van der Waals surface area contributed by atoms with Gasteiger partial charge in [0.2, 0.25) is 0 Å². The van der Waals surface area contributed by atoms with Crippen LogP contribution in [0.4, 0.5) is 0 Å². The minimum atomic E-state index is 0.154. The number of aliphatic hydroxyl groups is 1. The van der Waals surface area contributed by atoms with Crippen LogP contribution in [0.25, 0.3) is 5.65 Å². The maximum atomic E-state index is 8.75. The van der Waals surface area contributed by atoms with Crippen molar-refractivity contribution in [2.24, 2.45) is 0 Å². The molecular weight excluding hydrogens is 279 g/mol. The van der Waals surface area contributed by atoms with E-state index in [9.17, 15) is 0 Å². The second-order valence-electron chi connectivity index (χ2n) is 2.82. The Kier molecular flexibility index (Phi) is 2.50. The summed E-state index contributed by atoms with van der Waals surface area (Å²) in [5.74, 6) is 0. The van der Waals surface area contributed by atoms with Crippen LogP contribution in [-0.2, 0) is 6.42 Å². The van der Waals surface area contributed by atoms with Gasteiger partial charge in [0.25, 0.3) is 0 Å². The van der Waals surface area contributed by atoms with Gasteiger partial charge in [0, 0.05) is 29.0 Å². The van der Waals surface area contributed by atoms with Crippen molar-refractivity contribution in [3.63, 3.8) is 0 Å². The van der Waals surface area contributed by atoms with Crippen molar-refractivity contribution in [3.8, 4) is 0 Å². The molecular formula is C9H9IN2O. The Morgan fingerprint density at radius 3 is 3.00 bits per heavy atom. The predicted octanol–water partition coefficient (Wildman–Crippen LogP) is 1.47. The summed E-state index contributed by atoms with van der Waals surface area (Å²) in [4.78, 5) is 4.34. The molecule has 2 heterocycles. The standard InChI is InChI=1S/C9H9IN2O/c10-7-1-2-9-11-8(3-4-13)6-12(9)5-7/h1-2,5-6,13H,3-4H2. The highest BCUT2D eigenvalue weighted by atomic mass is 127. The number of hydrogen-bond acceptors (Lipinski definition) is 2. The molecule has 0 bridgehead atoms. The lowest BCUT2D eigenvalue weighted by atomic mass is 10.4. The Morgan fingerprint density at radius 1 is 1.38 bits per heavy atom. The Hall–Kier alpha value is -0.620. The molecule has 3 nitrogen and oxygen atoms in total. The Balaban J connectivity index is 2.49. The molecule has 0 fully saturated rings. The lowest BCUT2D eigenvalue weighted by Crippen LogP contribution is -1.89. The van der Waals surface area contributed by atoms with E-state index < -0.39 is 0 Å². The molecule has 0 aromatic carbocycles. The maximum absolute atomic E-state index is 8.75. The van der Waals surface area contributed by atoms with Gasteiger partial charge in [-0.2, -0.15) is 0 Å². The van der Waals surface area contributed by atoms with Crippen LogP contribution in [0.3, 0.4) is 0 Å². The number of rotatable bonds is 2. The number of fused-ring (bicyclic) bond motifs is 1. The molecule has 0 spiro atoms. The maximum Gasteiger partial charge on any atom is 0.137 e. The molecule has 0 saturated carbocycles. The van der Waals surface area contributed by atoms with Crippen molar-refractivity contribution < 1.29 is 5.11 Å². The number of nitrogens with zero attached hydrogens (tertiary/aromatic N) is 2. The van der Waals surface area contributed by atoms with Gasteiger partial charge in [-0.3, -0.25) is 0 Å². The van der Waals surface area contributed by atoms with Gasteiger partial charge < -0.3 is 9.51 Å². The zero-order valence-corrected chi connectivity index (χ0v) is 9.10. The summed E-state index contributed by atoms with van der Waals surface area (Å²) in [6, 6.07) is 3.99. The lowest BCUT2D eigenvalue weighted by molar-refractivity contribution is 0.298. The van der Waals surface area contributed by atoms with Crippen LogP contribution in [0, 0.1) is 3.57 Å². The molecule has 1 N–H and O–H groups in total. The molecule has 2 aromatic rings. The third-order valence-corrected chi connectivity index (χ3v) is 2.47. The average molecular weight is 288 g/mol. The number of halogens is 1. The lowest BCUT2D eigenvalue weighted by Gasteiger charge is -1.91. The predicted molar refractivity (Wildman–Crippen MR) is 58.7 cm³/mol. The van der Waals surface area contributed by atoms with Gasteiger partial charge in [-0.05, 0) is 34.7 Å². The van der Waals surface area contributed by atoms with Crippen molar-refractivity contribution in [2.45, 2.75) is 6.42 Å². The number of hydrogen-bond donors (Lipinski definition) is 1. The molecule has 2 rings (SSSR count). The van der Waals surface area contributed by atoms with Gasteiger partial charge in [0.1, 0.15) is 5.65 Å². The summed E-state index contributed by atoms with van der Waals surface area (Å²) in [5, 5.41) is 8.75. The molecule has 0 saturated heterocycles. The van der Waals surface area contributed by atoms with Crippen LogP contribution < -0.4 is 0 Å². The molecule has 68 valence electrons. The van der Waals surface area contributed by atoms with Gasteiger partial charge in [0.05, 0.1) is 5.69 Å². The minimum absolute atomic E-state index is 0.154. The van der Waals surface area contributed by atoms with E-state index in [1.807, 2.05) is 28.9 Å². The van der Waals surface area contributed by atoms with Crippen LogP contribution in [0.5, 0.6) is 0 Å². The van der Waals surface area contributed by atoms with Crippen molar-refractivity contribution in [1.82, 2.24) is 9.38 Å². The van der Waals surface area contributed by atoms with Crippen molar-refractivity contribution in [3.05, 3.63) is 33.8 Å². The third kappa shape index (κ3) is 1.83. The van der Waals surface area contributed by atoms with Crippen LogP contribution in [-0.4, -0.2) is 21.1 Å². The van der Waals surface area contributed by atoms with Crippen LogP contribution >= 0.6 is 22.6 Å². The second kappa shape index (κ2) is 3.63. The minimum Gasteiger partial charge on any atom is -0.396 e. The highest BCUT2D eigenvalue weighted by molar-refractivity contribution is 14.1. The number of imidazole rings is 1. The van der Waals surface area contributed by atoms with Gasteiger partial charge in [-0.1, -0.05) is 0 Å². The molecule has 2 aromatic heterocycles. The molecule has 0 aliphatic carbocycles. The first-order valence-corrected chi connectivity index (χ1v) is 5.11. The highest BCUT2D eigenvalue weighted by Gasteiger charge is 2.00. The quantitative estimate of drug-likeness (QED) is 0.850. The Morgan fingerprint density at radius 2 is 2.23 bits per heavy atom. The summed E-state index contributed by atoms with van der Waals surface area (Å²) >= 11 is 2.26. The molecule has 0 unspecified atom stereocenters. The molecule has 0 aliphatic rings. The van der Waals surface area contributed by atoms with Crippen LogP contribution in [0.2, 0.25) is 0 Å². The average Bonchev–Trinajstić information content (AvgIpc) is 2.46. The molecule has 0 amide bonds. The van der Waals surface area contributed by atoms with Crippen molar-refractivity contribution in [2.75, 3.05) is 6.61 Å². The highest BCUT2D eigenvalue weighted by Crippen LogP contribution is 2.09. The van der Waals surface area contributed by atoms with E-state index in [0.29, 0.717) is 6.42 Å². The van der Waals surface area contributed by atoms with E-state index in [2.05, 4.69) is 27.6 Å². The first kappa shape index (κ1) is 8.96. The van der Waals surface area contributed by atoms with Crippen LogP contribution in [0.15, 0.2) is 24.5 Å². The van der Waals surface area contributed by atoms with Crippen molar-refractivity contribution >= 4 is 28.2 Å². The first-order valence-electron chi connectivity index (χ1n) is 4.03. The third-order valence-electron chi connectivity index (χ3n) is 1.83. The molecule has 0 radical (unpaired) electrons. The second-order valence-corrected chi connectivity index (χ2v) is 4.06. The van der Waals surface area contributed by atoms with E-state index in [-0.39, 0.29) is 6.61 Å². The summed E-state index contributed by atoms with van der Waals surface area (Å²) < 4.78 is 3.16. The molecule has 0 atom stereocenters. The largest absolute Gasteiger partial charge is 0.396 e. The van der Waals surface area contributed by atoms with Gasteiger partial charge in [0.15, 0.2) is 0 Å². The fourth-order valence-electron chi connectivity index (χ4n) is 1.25. The summed E-state index contributed by atoms with van der Waals surface area (Å²) in [5.41, 5.74) is 1.87. The van der Waals surface area contributed by atoms with Gasteiger partial charge >= 0.3 is 0 Å². The normalized spacial score (nSPS) is 10.9. The van der Waals surface area contributed by atoms with Gasteiger partial charge in [-0.15, -0.1) is 0 Å². The zero-order chi connectivity index (χ0) is 9.26. The van der Waals surface area contributed by atoms with Gasteiger partial charge in [-0.25, -0.2) is 4.98 Å². The number of pyridine rings is 1. The summed E-state index contributed by atoms with van der Waals surface area (Å²) in [6.07, 6.45) is 4.59. The fourth-order valence-corrected chi connectivity index (χ4v) is 1.73. The smallest absolute Gasteiger partial charge is 0.137 e. The molecule has 4 heteroatoms.